The molecule has 0 radical (unpaired) electrons. The quantitative estimate of drug-likeness (QED) is 0.157. The maximum absolute atomic E-state index is 13.6. The van der Waals surface area contributed by atoms with Gasteiger partial charge in [-0.05, 0) is 73.9 Å². The second-order valence-electron chi connectivity index (χ2n) is 9.94. The monoisotopic (exact) mass is 592 g/mol. The maximum Gasteiger partial charge on any atom is 0.416 e. The molecule has 6 nitrogen and oxygen atoms in total. The molecule has 4 rings (SSSR count). The van der Waals surface area contributed by atoms with Crippen LogP contribution in [0.15, 0.2) is 48.5 Å². The first-order valence-electron chi connectivity index (χ1n) is 13.2. The standard InChI is InChI=1S/C30H30F6N4O2/c1-6-24-38-25-17(3)12-18(4)37-27(25)40(24)16-19-8-10-23(11-9-19)39(7-2)26(28(41)42-5)20-13-21(29(31,32)33)15-22(14-20)30(34,35)36/h8-15,26H,6-7,16H2,1-5H3. The minimum Gasteiger partial charge on any atom is -0.467 e. The number of anilines is 1. The molecule has 0 fully saturated rings. The van der Waals surface area contributed by atoms with Gasteiger partial charge in [0.1, 0.15) is 11.3 Å². The summed E-state index contributed by atoms with van der Waals surface area (Å²) in [5.74, 6) is -0.149. The zero-order valence-electron chi connectivity index (χ0n) is 23.7. The molecule has 0 saturated carbocycles. The van der Waals surface area contributed by atoms with Gasteiger partial charge in [-0.3, -0.25) is 0 Å². The molecule has 0 saturated heterocycles. The Balaban J connectivity index is 1.74. The Morgan fingerprint density at radius 1 is 0.929 bits per heavy atom. The number of nitrogens with zero attached hydrogens (tertiary/aromatic N) is 4. The Labute approximate surface area is 238 Å². The van der Waals surface area contributed by atoms with E-state index >= 15 is 0 Å². The summed E-state index contributed by atoms with van der Waals surface area (Å²) in [5.41, 5.74) is 1.20. The van der Waals surface area contributed by atoms with E-state index < -0.39 is 41.1 Å². The average molecular weight is 593 g/mol. The number of carbonyl (C=O) groups excluding carboxylic acids is 1. The van der Waals surface area contributed by atoms with E-state index in [1.807, 2.05) is 31.4 Å². The average Bonchev–Trinajstić information content (AvgIpc) is 3.28. The van der Waals surface area contributed by atoms with E-state index in [0.717, 1.165) is 40.9 Å². The van der Waals surface area contributed by atoms with Crippen molar-refractivity contribution in [1.82, 2.24) is 14.5 Å². The number of carbonyl (C=O) groups is 1. The molecule has 12 heteroatoms. The van der Waals surface area contributed by atoms with Gasteiger partial charge in [0.05, 0.1) is 24.8 Å². The molecule has 224 valence electrons. The molecule has 0 amide bonds. The zero-order chi connectivity index (χ0) is 31.0. The van der Waals surface area contributed by atoms with E-state index in [1.165, 1.54) is 4.90 Å². The molecule has 0 aliphatic carbocycles. The third-order valence-electron chi connectivity index (χ3n) is 7.03. The van der Waals surface area contributed by atoms with E-state index in [0.29, 0.717) is 30.8 Å². The summed E-state index contributed by atoms with van der Waals surface area (Å²) in [6.45, 7) is 8.04. The van der Waals surface area contributed by atoms with Gasteiger partial charge in [0.25, 0.3) is 0 Å². The molecule has 1 atom stereocenters. The Kier molecular flexibility index (Phi) is 8.56. The van der Waals surface area contributed by atoms with E-state index in [1.54, 1.807) is 31.2 Å². The molecule has 2 aromatic heterocycles. The fourth-order valence-electron chi connectivity index (χ4n) is 5.07. The number of rotatable bonds is 8. The van der Waals surface area contributed by atoms with E-state index in [2.05, 4.69) is 4.98 Å². The molecule has 2 aromatic carbocycles. The fourth-order valence-corrected chi connectivity index (χ4v) is 5.07. The summed E-state index contributed by atoms with van der Waals surface area (Å²) < 4.78 is 88.3. The van der Waals surface area contributed by atoms with E-state index in [-0.39, 0.29) is 12.6 Å². The lowest BCUT2D eigenvalue weighted by atomic mass is 9.97. The van der Waals surface area contributed by atoms with Crippen LogP contribution in [-0.2, 0) is 34.8 Å². The Hall–Kier alpha value is -4.09. The van der Waals surface area contributed by atoms with Crippen molar-refractivity contribution in [3.63, 3.8) is 0 Å². The van der Waals surface area contributed by atoms with Crippen molar-refractivity contribution >= 4 is 22.8 Å². The summed E-state index contributed by atoms with van der Waals surface area (Å²) in [6, 6.07) is 8.46. The van der Waals surface area contributed by atoms with Crippen LogP contribution in [0.25, 0.3) is 11.2 Å². The van der Waals surface area contributed by atoms with E-state index in [9.17, 15) is 31.1 Å². The van der Waals surface area contributed by atoms with Gasteiger partial charge in [0.2, 0.25) is 0 Å². The van der Waals surface area contributed by atoms with Crippen LogP contribution in [0.2, 0.25) is 0 Å². The number of benzene rings is 2. The number of fused-ring (bicyclic) bond motifs is 1. The van der Waals surface area contributed by atoms with Crippen LogP contribution in [0.5, 0.6) is 0 Å². The number of likely N-dealkylation sites (N-methyl/N-ethyl adjacent to an activating group) is 1. The molecule has 1 unspecified atom stereocenters. The molecule has 2 heterocycles. The second-order valence-corrected chi connectivity index (χ2v) is 9.94. The summed E-state index contributed by atoms with van der Waals surface area (Å²) in [7, 11) is 1.03. The lowest BCUT2D eigenvalue weighted by molar-refractivity contribution is -0.145. The number of imidazole rings is 1. The number of methoxy groups -OCH3 is 1. The lowest BCUT2D eigenvalue weighted by Gasteiger charge is -2.32. The molecular weight excluding hydrogens is 562 g/mol. The summed E-state index contributed by atoms with van der Waals surface area (Å²) in [6.07, 6.45) is -9.44. The number of esters is 1. The van der Waals surface area contributed by atoms with Gasteiger partial charge in [-0.2, -0.15) is 26.3 Å². The van der Waals surface area contributed by atoms with Gasteiger partial charge >= 0.3 is 18.3 Å². The highest BCUT2D eigenvalue weighted by Crippen LogP contribution is 2.39. The first-order valence-corrected chi connectivity index (χ1v) is 13.2. The molecule has 42 heavy (non-hydrogen) atoms. The van der Waals surface area contributed by atoms with Crippen LogP contribution in [0.4, 0.5) is 32.0 Å². The van der Waals surface area contributed by atoms with Gasteiger partial charge in [-0.1, -0.05) is 19.1 Å². The second kappa shape index (κ2) is 11.7. The normalized spacial score (nSPS) is 12.9. The van der Waals surface area contributed by atoms with Crippen molar-refractivity contribution in [2.45, 2.75) is 59.1 Å². The van der Waals surface area contributed by atoms with Crippen molar-refractivity contribution in [2.75, 3.05) is 18.6 Å². The molecule has 4 aromatic rings. The van der Waals surface area contributed by atoms with Crippen LogP contribution in [0, 0.1) is 13.8 Å². The van der Waals surface area contributed by atoms with Gasteiger partial charge in [-0.25, -0.2) is 14.8 Å². The van der Waals surface area contributed by atoms with Crippen molar-refractivity contribution in [3.8, 4) is 0 Å². The molecule has 0 aliphatic heterocycles. The number of halogens is 6. The van der Waals surface area contributed by atoms with Crippen LogP contribution in [-0.4, -0.2) is 34.2 Å². The Morgan fingerprint density at radius 2 is 1.52 bits per heavy atom. The maximum atomic E-state index is 13.6. The van der Waals surface area contributed by atoms with Gasteiger partial charge in [-0.15, -0.1) is 0 Å². The van der Waals surface area contributed by atoms with Crippen LogP contribution < -0.4 is 4.90 Å². The predicted octanol–water partition coefficient (Wildman–Crippen LogP) is 7.44. The number of ether oxygens (including phenoxy) is 1. The third-order valence-corrected chi connectivity index (χ3v) is 7.03. The number of hydrogen-bond donors (Lipinski definition) is 0. The van der Waals surface area contributed by atoms with Crippen LogP contribution >= 0.6 is 0 Å². The first-order chi connectivity index (χ1) is 19.7. The van der Waals surface area contributed by atoms with Crippen LogP contribution in [0.3, 0.4) is 0 Å². The SMILES string of the molecule is CCc1nc2c(C)cc(C)nc2n1Cc1ccc(N(CC)C(C(=O)OC)c2cc(C(F)(F)F)cc(C(F)(F)F)c2)cc1. The topological polar surface area (TPSA) is 60.2 Å². The highest BCUT2D eigenvalue weighted by atomic mass is 19.4. The third kappa shape index (κ3) is 6.22. The highest BCUT2D eigenvalue weighted by Gasteiger charge is 2.39. The van der Waals surface area contributed by atoms with Crippen molar-refractivity contribution < 1.29 is 35.9 Å². The van der Waals surface area contributed by atoms with Gasteiger partial charge in [0, 0.05) is 24.3 Å². The Bertz CT molecular complexity index is 1560. The molecule has 0 N–H and O–H groups in total. The first kappa shape index (κ1) is 30.9. The van der Waals surface area contributed by atoms with Gasteiger partial charge < -0.3 is 14.2 Å². The van der Waals surface area contributed by atoms with Crippen LogP contribution in [0.1, 0.15) is 59.2 Å². The van der Waals surface area contributed by atoms with Gasteiger partial charge in [0.15, 0.2) is 11.7 Å². The number of aryl methyl sites for hydroxylation is 3. The summed E-state index contributed by atoms with van der Waals surface area (Å²) in [4.78, 5) is 23.7. The minimum absolute atomic E-state index is 0.0329. The number of hydrogen-bond acceptors (Lipinski definition) is 5. The molecule has 0 aliphatic rings. The molecular formula is C30H30F6N4O2. The lowest BCUT2D eigenvalue weighted by Crippen LogP contribution is -2.35. The zero-order valence-corrected chi connectivity index (χ0v) is 23.7. The fraction of sp³-hybridized carbons (Fsp3) is 0.367. The molecule has 0 spiro atoms. The summed E-state index contributed by atoms with van der Waals surface area (Å²) >= 11 is 0. The number of pyridine rings is 1. The Morgan fingerprint density at radius 3 is 2.02 bits per heavy atom. The molecule has 0 bridgehead atoms. The predicted molar refractivity (Wildman–Crippen MR) is 146 cm³/mol. The largest absolute Gasteiger partial charge is 0.467 e. The van der Waals surface area contributed by atoms with E-state index in [4.69, 9.17) is 9.72 Å². The van der Waals surface area contributed by atoms with Crippen molar-refractivity contribution in [2.24, 2.45) is 0 Å². The number of aromatic nitrogens is 3. The number of alkyl halides is 6. The highest BCUT2D eigenvalue weighted by molar-refractivity contribution is 5.82. The minimum atomic E-state index is -5.06. The smallest absolute Gasteiger partial charge is 0.416 e. The van der Waals surface area contributed by atoms with Crippen molar-refractivity contribution in [3.05, 3.63) is 87.9 Å². The van der Waals surface area contributed by atoms with Crippen molar-refractivity contribution in [1.29, 1.82) is 0 Å². The summed E-state index contributed by atoms with van der Waals surface area (Å²) in [5, 5.41) is 0.